The number of nitrogens with zero attached hydrogens (tertiary/aromatic N) is 1. The van der Waals surface area contributed by atoms with Gasteiger partial charge < -0.3 is 5.32 Å². The topological polar surface area (TPSA) is 41.5 Å². The summed E-state index contributed by atoms with van der Waals surface area (Å²) in [6, 6.07) is 0. The average molecular weight is 327 g/mol. The van der Waals surface area contributed by atoms with Crippen molar-refractivity contribution in [2.75, 3.05) is 6.54 Å². The number of halogens is 2. The first-order valence-corrected chi connectivity index (χ1v) is 8.05. The number of carbonyl (C=O) groups excluding carboxylic acids is 1. The van der Waals surface area contributed by atoms with Crippen molar-refractivity contribution in [3.8, 4) is 0 Å². The number of fused-ring (bicyclic) bond motifs is 2. The van der Waals surface area contributed by atoms with E-state index in [0.717, 1.165) is 23.3 Å². The van der Waals surface area contributed by atoms with Crippen LogP contribution in [0.5, 0.6) is 0 Å². The molecule has 1 amide bonds. The Morgan fingerprint density at radius 3 is 2.62 bits per heavy atom. The molecule has 1 saturated carbocycles. The summed E-state index contributed by atoms with van der Waals surface area (Å²) >= 11 is 7.31. The fourth-order valence-corrected chi connectivity index (χ4v) is 4.46. The average Bonchev–Trinajstić information content (AvgIpc) is 3.09. The van der Waals surface area contributed by atoms with E-state index in [1.165, 1.54) is 18.3 Å². The number of hydrogen-bond acceptors (Lipinski definition) is 3. The molecule has 1 N–H and O–H groups in total. The minimum absolute atomic E-state index is 0.0649. The van der Waals surface area contributed by atoms with E-state index >= 15 is 0 Å². The number of hydrogen-bond donors (Lipinski definition) is 1. The molecule has 1 spiro atoms. The van der Waals surface area contributed by atoms with Gasteiger partial charge in [-0.2, -0.15) is 0 Å². The summed E-state index contributed by atoms with van der Waals surface area (Å²) in [4.78, 5) is 18.1. The Labute approximate surface area is 131 Å². The number of thiophene rings is 1. The number of amides is 1. The quantitative estimate of drug-likeness (QED) is 0.815. The molecule has 1 aromatic heterocycles. The highest BCUT2D eigenvalue weighted by atomic mass is 35.5. The fourth-order valence-electron chi connectivity index (χ4n) is 2.80. The summed E-state index contributed by atoms with van der Waals surface area (Å²) in [5.74, 6) is -0.452. The molecule has 2 aliphatic rings. The summed E-state index contributed by atoms with van der Waals surface area (Å²) in [6.07, 6.45) is 2.15. The zero-order valence-electron chi connectivity index (χ0n) is 12.1. The Hall–Kier alpha value is -1.20. The highest BCUT2D eigenvalue weighted by Crippen LogP contribution is 2.55. The SMILES string of the molecule is CC(Cl)=N/C(=C(\C)F)c1sc2c(c1C)C(=O)NCC21CC1. The predicted octanol–water partition coefficient (Wildman–Crippen LogP) is 4.15. The summed E-state index contributed by atoms with van der Waals surface area (Å²) < 4.78 is 13.9. The molecule has 0 saturated heterocycles. The first kappa shape index (κ1) is 14.7. The number of carbonyl (C=O) groups is 1. The molecule has 1 aliphatic heterocycles. The maximum Gasteiger partial charge on any atom is 0.252 e. The van der Waals surface area contributed by atoms with Crippen LogP contribution in [0.15, 0.2) is 10.8 Å². The molecule has 1 aliphatic carbocycles. The van der Waals surface area contributed by atoms with Crippen molar-refractivity contribution in [2.24, 2.45) is 4.99 Å². The van der Waals surface area contributed by atoms with Crippen LogP contribution in [0, 0.1) is 6.92 Å². The fraction of sp³-hybridized carbons (Fsp3) is 0.467. The van der Waals surface area contributed by atoms with E-state index in [9.17, 15) is 9.18 Å². The lowest BCUT2D eigenvalue weighted by Gasteiger charge is -2.22. The molecule has 0 bridgehead atoms. The van der Waals surface area contributed by atoms with Gasteiger partial charge in [0.05, 0.1) is 10.4 Å². The number of aliphatic imine (C=N–C) groups is 1. The van der Waals surface area contributed by atoms with E-state index in [2.05, 4.69) is 10.3 Å². The van der Waals surface area contributed by atoms with Gasteiger partial charge in [-0.1, -0.05) is 11.6 Å². The van der Waals surface area contributed by atoms with Crippen molar-refractivity contribution in [3.63, 3.8) is 0 Å². The van der Waals surface area contributed by atoms with Gasteiger partial charge in [-0.3, -0.25) is 4.79 Å². The maximum atomic E-state index is 13.9. The van der Waals surface area contributed by atoms with Gasteiger partial charge in [-0.25, -0.2) is 9.38 Å². The van der Waals surface area contributed by atoms with E-state index in [1.54, 1.807) is 6.92 Å². The highest BCUT2D eigenvalue weighted by Gasteiger charge is 2.51. The molecule has 1 fully saturated rings. The molecule has 0 atom stereocenters. The van der Waals surface area contributed by atoms with E-state index in [0.29, 0.717) is 17.0 Å². The normalized spacial score (nSPS) is 21.0. The van der Waals surface area contributed by atoms with Gasteiger partial charge >= 0.3 is 0 Å². The van der Waals surface area contributed by atoms with Gasteiger partial charge in [-0.15, -0.1) is 11.3 Å². The van der Waals surface area contributed by atoms with Crippen LogP contribution in [0.4, 0.5) is 4.39 Å². The Kier molecular flexibility index (Phi) is 3.45. The minimum Gasteiger partial charge on any atom is -0.351 e. The summed E-state index contributed by atoms with van der Waals surface area (Å²) in [5.41, 5.74) is 1.82. The van der Waals surface area contributed by atoms with Crippen LogP contribution in [0.1, 0.15) is 52.4 Å². The summed E-state index contributed by atoms with van der Waals surface area (Å²) in [5, 5.41) is 3.23. The molecule has 112 valence electrons. The van der Waals surface area contributed by atoms with Crippen LogP contribution < -0.4 is 5.32 Å². The second kappa shape index (κ2) is 4.92. The first-order valence-electron chi connectivity index (χ1n) is 6.85. The maximum absolute atomic E-state index is 13.9. The van der Waals surface area contributed by atoms with Crippen molar-refractivity contribution in [3.05, 3.63) is 26.7 Å². The Morgan fingerprint density at radius 2 is 2.10 bits per heavy atom. The third-order valence-electron chi connectivity index (χ3n) is 4.10. The molecule has 0 aromatic carbocycles. The lowest BCUT2D eigenvalue weighted by molar-refractivity contribution is 0.0938. The van der Waals surface area contributed by atoms with Crippen molar-refractivity contribution in [1.29, 1.82) is 0 Å². The highest BCUT2D eigenvalue weighted by molar-refractivity contribution is 7.14. The van der Waals surface area contributed by atoms with Gasteiger partial charge in [0, 0.05) is 16.8 Å². The van der Waals surface area contributed by atoms with Crippen LogP contribution >= 0.6 is 22.9 Å². The molecular formula is C15H16ClFN2OS. The Morgan fingerprint density at radius 1 is 1.43 bits per heavy atom. The molecular weight excluding hydrogens is 311 g/mol. The molecule has 21 heavy (non-hydrogen) atoms. The van der Waals surface area contributed by atoms with E-state index in [4.69, 9.17) is 11.6 Å². The first-order chi connectivity index (χ1) is 9.85. The Balaban J connectivity index is 2.20. The van der Waals surface area contributed by atoms with Crippen LogP contribution in [0.25, 0.3) is 5.70 Å². The van der Waals surface area contributed by atoms with E-state index < -0.39 is 0 Å². The summed E-state index contributed by atoms with van der Waals surface area (Å²) in [7, 11) is 0. The second-order valence-electron chi connectivity index (χ2n) is 5.71. The van der Waals surface area contributed by atoms with Crippen molar-refractivity contribution in [1.82, 2.24) is 5.32 Å². The number of nitrogens with one attached hydrogen (secondary N) is 1. The summed E-state index contributed by atoms with van der Waals surface area (Å²) in [6.45, 7) is 5.52. The number of allylic oxidation sites excluding steroid dienone is 1. The molecule has 3 nitrogen and oxygen atoms in total. The van der Waals surface area contributed by atoms with E-state index in [1.807, 2.05) is 6.92 Å². The van der Waals surface area contributed by atoms with Gasteiger partial charge in [0.2, 0.25) is 0 Å². The van der Waals surface area contributed by atoms with Gasteiger partial charge in [0.15, 0.2) is 0 Å². The zero-order chi connectivity index (χ0) is 15.4. The van der Waals surface area contributed by atoms with Crippen LogP contribution in [-0.4, -0.2) is 17.6 Å². The molecule has 3 rings (SSSR count). The smallest absolute Gasteiger partial charge is 0.252 e. The van der Waals surface area contributed by atoms with Gasteiger partial charge in [0.1, 0.15) is 16.7 Å². The van der Waals surface area contributed by atoms with Crippen LogP contribution in [0.3, 0.4) is 0 Å². The number of rotatable bonds is 2. The van der Waals surface area contributed by atoms with Crippen molar-refractivity contribution >= 4 is 39.7 Å². The molecule has 1 aromatic rings. The third kappa shape index (κ3) is 2.32. The van der Waals surface area contributed by atoms with Crippen LogP contribution in [-0.2, 0) is 5.41 Å². The lowest BCUT2D eigenvalue weighted by Crippen LogP contribution is -2.38. The predicted molar refractivity (Wildman–Crippen MR) is 85.0 cm³/mol. The van der Waals surface area contributed by atoms with Gasteiger partial charge in [-0.05, 0) is 39.2 Å². The minimum atomic E-state index is -0.387. The van der Waals surface area contributed by atoms with Crippen LogP contribution in [0.2, 0.25) is 0 Å². The third-order valence-corrected chi connectivity index (χ3v) is 5.73. The molecule has 2 heterocycles. The second-order valence-corrected chi connectivity index (χ2v) is 7.28. The molecule has 0 unspecified atom stereocenters. The molecule has 6 heteroatoms. The van der Waals surface area contributed by atoms with Crippen molar-refractivity contribution in [2.45, 2.75) is 39.0 Å². The zero-order valence-corrected chi connectivity index (χ0v) is 13.7. The lowest BCUT2D eigenvalue weighted by atomic mass is 9.93. The molecule has 0 radical (unpaired) electrons. The standard InChI is InChI=1S/C15H16ClFN2OS/c1-7-10-13(15(4-5-15)6-18-14(10)20)21-12(7)11(8(2)17)19-9(3)16/h4-6H2,1-3H3,(H,18,20)/b11-8+,19-9?. The van der Waals surface area contributed by atoms with Gasteiger partial charge in [0.25, 0.3) is 5.91 Å². The van der Waals surface area contributed by atoms with Crippen molar-refractivity contribution < 1.29 is 9.18 Å². The van der Waals surface area contributed by atoms with E-state index in [-0.39, 0.29) is 28.0 Å². The Bertz CT molecular complexity index is 693. The monoisotopic (exact) mass is 326 g/mol. The largest absolute Gasteiger partial charge is 0.351 e.